The molecule has 0 radical (unpaired) electrons. The second-order valence-corrected chi connectivity index (χ2v) is 28.8. The zero-order valence-corrected chi connectivity index (χ0v) is 30.7. The topological polar surface area (TPSA) is 20.2 Å². The minimum absolute atomic E-state index is 0.244. The number of rotatable bonds is 4. The molecule has 0 fully saturated rings. The van der Waals surface area contributed by atoms with Crippen LogP contribution < -0.4 is 0 Å². The van der Waals surface area contributed by atoms with Gasteiger partial charge in [-0.05, 0) is 70.8 Å². The molecule has 0 heterocycles. The standard InChI is InChI=1S/C40H44OSi3/c1-42(2,3)29-26-32-10-16-35(17-11-32)40(38-22-24-39(41)25-23-38,36-18-12-33(13-19-36)27-30-43(4,5)6)37-20-14-34(15-21-37)28-31-44(7,8)9/h10-25,41H,1-9H3. The van der Waals surface area contributed by atoms with Crippen LogP contribution in [-0.4, -0.2) is 29.3 Å². The van der Waals surface area contributed by atoms with Crippen LogP contribution in [0.2, 0.25) is 58.9 Å². The first-order chi connectivity index (χ1) is 20.5. The van der Waals surface area contributed by atoms with Crippen LogP contribution in [0, 0.1) is 34.4 Å². The van der Waals surface area contributed by atoms with E-state index in [-0.39, 0.29) is 5.75 Å². The minimum Gasteiger partial charge on any atom is -0.508 e. The predicted molar refractivity (Wildman–Crippen MR) is 197 cm³/mol. The Bertz CT molecular complexity index is 1600. The normalized spacial score (nSPS) is 11.8. The van der Waals surface area contributed by atoms with Crippen LogP contribution in [0.3, 0.4) is 0 Å². The lowest BCUT2D eigenvalue weighted by Crippen LogP contribution is -2.31. The van der Waals surface area contributed by atoms with E-state index in [0.29, 0.717) is 0 Å². The first-order valence-corrected chi connectivity index (χ1v) is 25.8. The molecule has 0 aliphatic carbocycles. The quantitative estimate of drug-likeness (QED) is 0.136. The number of aromatic hydroxyl groups is 1. The van der Waals surface area contributed by atoms with E-state index in [1.165, 1.54) is 0 Å². The molecular weight excluding hydrogens is 581 g/mol. The molecule has 4 aromatic rings. The molecule has 4 heteroatoms. The van der Waals surface area contributed by atoms with Crippen molar-refractivity contribution < 1.29 is 5.11 Å². The highest BCUT2D eigenvalue weighted by atomic mass is 28.3. The fraction of sp³-hybridized carbons (Fsp3) is 0.250. The lowest BCUT2D eigenvalue weighted by molar-refractivity contribution is 0.475. The third-order valence-electron chi connectivity index (χ3n) is 7.00. The Kier molecular flexibility index (Phi) is 9.68. The minimum atomic E-state index is -1.50. The highest BCUT2D eigenvalue weighted by molar-refractivity contribution is 6.84. The number of phenolic OH excluding ortho intramolecular Hbond substituents is 1. The average Bonchev–Trinajstić information content (AvgIpc) is 2.96. The zero-order valence-electron chi connectivity index (χ0n) is 27.7. The molecule has 0 amide bonds. The van der Waals surface area contributed by atoms with Gasteiger partial charge in [-0.1, -0.05) is 125 Å². The Hall–Kier alpha value is -3.99. The number of hydrogen-bond acceptors (Lipinski definition) is 1. The third-order valence-corrected chi connectivity index (χ3v) is 9.62. The van der Waals surface area contributed by atoms with E-state index in [4.69, 9.17) is 0 Å². The van der Waals surface area contributed by atoms with E-state index in [1.807, 2.05) is 12.1 Å². The molecule has 4 aromatic carbocycles. The molecule has 0 spiro atoms. The summed E-state index contributed by atoms with van der Waals surface area (Å²) in [5.74, 6) is 10.5. The molecule has 0 aromatic heterocycles. The molecule has 1 nitrogen and oxygen atoms in total. The molecule has 4 rings (SSSR count). The molecule has 222 valence electrons. The van der Waals surface area contributed by atoms with E-state index in [0.717, 1.165) is 38.9 Å². The van der Waals surface area contributed by atoms with Crippen molar-refractivity contribution >= 4 is 24.2 Å². The fourth-order valence-corrected chi connectivity index (χ4v) is 6.46. The second kappa shape index (κ2) is 12.9. The van der Waals surface area contributed by atoms with Crippen molar-refractivity contribution in [1.82, 2.24) is 0 Å². The SMILES string of the molecule is C[Si](C)(C)C#Cc1ccc(C(c2ccc(O)cc2)(c2ccc(C#C[Si](C)(C)C)cc2)c2ccc(C#C[Si](C)(C)C)cc2)cc1. The highest BCUT2D eigenvalue weighted by Gasteiger charge is 2.38. The van der Waals surface area contributed by atoms with Gasteiger partial charge in [0.15, 0.2) is 0 Å². The molecular formula is C40H44OSi3. The van der Waals surface area contributed by atoms with Gasteiger partial charge in [0.2, 0.25) is 0 Å². The average molecular weight is 625 g/mol. The Morgan fingerprint density at radius 3 is 0.841 bits per heavy atom. The monoisotopic (exact) mass is 624 g/mol. The Labute approximate surface area is 268 Å². The summed E-state index contributed by atoms with van der Waals surface area (Å²) >= 11 is 0. The van der Waals surface area contributed by atoms with Gasteiger partial charge in [-0.2, -0.15) is 0 Å². The van der Waals surface area contributed by atoms with Gasteiger partial charge in [0.1, 0.15) is 30.0 Å². The van der Waals surface area contributed by atoms with Gasteiger partial charge in [-0.3, -0.25) is 0 Å². The van der Waals surface area contributed by atoms with E-state index in [9.17, 15) is 5.11 Å². The summed E-state index contributed by atoms with van der Waals surface area (Å²) in [7, 11) is -4.51. The molecule has 44 heavy (non-hydrogen) atoms. The van der Waals surface area contributed by atoms with E-state index in [1.54, 1.807) is 12.1 Å². The molecule has 0 unspecified atom stereocenters. The molecule has 0 saturated carbocycles. The highest BCUT2D eigenvalue weighted by Crippen LogP contribution is 2.45. The van der Waals surface area contributed by atoms with E-state index < -0.39 is 29.6 Å². The molecule has 0 aliphatic heterocycles. The van der Waals surface area contributed by atoms with Gasteiger partial charge in [-0.15, -0.1) is 16.6 Å². The number of phenols is 1. The first-order valence-electron chi connectivity index (χ1n) is 15.3. The van der Waals surface area contributed by atoms with Crippen molar-refractivity contribution in [3.05, 3.63) is 136 Å². The maximum absolute atomic E-state index is 10.3. The summed E-state index contributed by atoms with van der Waals surface area (Å²) in [5.41, 5.74) is 17.4. The lowest BCUT2D eigenvalue weighted by Gasteiger charge is -2.37. The maximum atomic E-state index is 10.3. The van der Waals surface area contributed by atoms with Crippen molar-refractivity contribution in [2.45, 2.75) is 64.3 Å². The summed E-state index contributed by atoms with van der Waals surface area (Å²) in [6.45, 7) is 20.4. The Morgan fingerprint density at radius 1 is 0.386 bits per heavy atom. The molecule has 0 aliphatic rings. The largest absolute Gasteiger partial charge is 0.508 e. The number of hydrogen-bond donors (Lipinski definition) is 1. The van der Waals surface area contributed by atoms with Crippen LogP contribution in [0.5, 0.6) is 5.75 Å². The van der Waals surface area contributed by atoms with Gasteiger partial charge in [0, 0.05) is 16.7 Å². The van der Waals surface area contributed by atoms with E-state index >= 15 is 0 Å². The maximum Gasteiger partial charge on any atom is 0.129 e. The smallest absolute Gasteiger partial charge is 0.129 e. The third kappa shape index (κ3) is 8.56. The molecule has 0 saturated heterocycles. The van der Waals surface area contributed by atoms with Crippen LogP contribution in [0.4, 0.5) is 0 Å². The summed E-state index contributed by atoms with van der Waals surface area (Å²) in [6.07, 6.45) is 0. The van der Waals surface area contributed by atoms with Crippen molar-refractivity contribution in [2.75, 3.05) is 0 Å². The van der Waals surface area contributed by atoms with Crippen LogP contribution in [0.25, 0.3) is 0 Å². The van der Waals surface area contributed by atoms with Gasteiger partial charge < -0.3 is 5.11 Å². The van der Waals surface area contributed by atoms with Crippen LogP contribution in [0.15, 0.2) is 97.1 Å². The second-order valence-electron chi connectivity index (χ2n) is 14.5. The predicted octanol–water partition coefficient (Wildman–Crippen LogP) is 9.46. The molecule has 0 bridgehead atoms. The number of benzene rings is 4. The fourth-order valence-electron chi connectivity index (χ4n) is 4.90. The Balaban J connectivity index is 1.99. The zero-order chi connectivity index (χ0) is 32.2. The molecule has 0 atom stereocenters. The van der Waals surface area contributed by atoms with Crippen molar-refractivity contribution in [3.63, 3.8) is 0 Å². The van der Waals surface area contributed by atoms with E-state index in [2.05, 4.69) is 166 Å². The van der Waals surface area contributed by atoms with Crippen molar-refractivity contribution in [3.8, 4) is 40.1 Å². The van der Waals surface area contributed by atoms with Crippen LogP contribution in [-0.2, 0) is 5.41 Å². The summed E-state index contributed by atoms with van der Waals surface area (Å²) in [6, 6.07) is 33.7. The van der Waals surface area contributed by atoms with Gasteiger partial charge >= 0.3 is 0 Å². The van der Waals surface area contributed by atoms with Gasteiger partial charge in [0.05, 0.1) is 5.41 Å². The van der Waals surface area contributed by atoms with Crippen molar-refractivity contribution in [2.24, 2.45) is 0 Å². The van der Waals surface area contributed by atoms with Crippen molar-refractivity contribution in [1.29, 1.82) is 0 Å². The van der Waals surface area contributed by atoms with Crippen LogP contribution in [0.1, 0.15) is 38.9 Å². The summed E-state index contributed by atoms with van der Waals surface area (Å²) in [5, 5.41) is 10.3. The van der Waals surface area contributed by atoms with Crippen LogP contribution >= 0.6 is 0 Å². The molecule has 1 N–H and O–H groups in total. The lowest BCUT2D eigenvalue weighted by atomic mass is 9.65. The van der Waals surface area contributed by atoms with Gasteiger partial charge in [-0.25, -0.2) is 0 Å². The Morgan fingerprint density at radius 2 is 0.614 bits per heavy atom. The summed E-state index contributed by atoms with van der Waals surface area (Å²) < 4.78 is 0. The van der Waals surface area contributed by atoms with Gasteiger partial charge in [0.25, 0.3) is 0 Å². The summed E-state index contributed by atoms with van der Waals surface area (Å²) in [4.78, 5) is 0. The first kappa shape index (κ1) is 32.9.